The zero-order valence-electron chi connectivity index (χ0n) is 10.6. The van der Waals surface area contributed by atoms with Crippen molar-refractivity contribution in [2.45, 2.75) is 0 Å². The molecule has 0 unspecified atom stereocenters. The van der Waals surface area contributed by atoms with Gasteiger partial charge < -0.3 is 4.74 Å². The Balaban J connectivity index is 2.63. The van der Waals surface area contributed by atoms with Gasteiger partial charge in [0.2, 0.25) is 0 Å². The predicted octanol–water partition coefficient (Wildman–Crippen LogP) is 2.17. The molecule has 4 heteroatoms. The first kappa shape index (κ1) is 14.1. The van der Waals surface area contributed by atoms with E-state index in [1.807, 2.05) is 36.2 Å². The summed E-state index contributed by atoms with van der Waals surface area (Å²) in [6.45, 7) is 1.35. The van der Waals surface area contributed by atoms with E-state index in [0.717, 1.165) is 12.3 Å². The van der Waals surface area contributed by atoms with Crippen LogP contribution in [0.25, 0.3) is 0 Å². The van der Waals surface area contributed by atoms with E-state index in [1.165, 1.54) is 0 Å². The van der Waals surface area contributed by atoms with Crippen LogP contribution in [0, 0.1) is 0 Å². The molecule has 1 aromatic carbocycles. The number of methoxy groups -OCH3 is 1. The lowest BCUT2D eigenvalue weighted by Crippen LogP contribution is -2.28. The first-order valence-electron chi connectivity index (χ1n) is 5.52. The van der Waals surface area contributed by atoms with Gasteiger partial charge in [0.15, 0.2) is 5.78 Å². The molecule has 0 saturated carbocycles. The molecule has 1 rings (SSSR count). The Labute approximate surface area is 107 Å². The molecule has 0 atom stereocenters. The molecule has 0 heterocycles. The lowest BCUT2D eigenvalue weighted by molar-refractivity contribution is 0.0946. The van der Waals surface area contributed by atoms with Gasteiger partial charge in [-0.05, 0) is 25.4 Å². The molecule has 0 fully saturated rings. The van der Waals surface area contributed by atoms with Crippen LogP contribution in [0.5, 0.6) is 5.75 Å². The van der Waals surface area contributed by atoms with Gasteiger partial charge in [0.1, 0.15) is 5.75 Å². The quantitative estimate of drug-likeness (QED) is 0.697. The number of hydrogen-bond acceptors (Lipinski definition) is 4. The van der Waals surface area contributed by atoms with Crippen molar-refractivity contribution in [2.75, 3.05) is 39.3 Å². The van der Waals surface area contributed by atoms with Crippen LogP contribution in [0.3, 0.4) is 0 Å². The van der Waals surface area contributed by atoms with E-state index in [4.69, 9.17) is 4.74 Å². The Morgan fingerprint density at radius 3 is 2.76 bits per heavy atom. The third-order valence-corrected chi connectivity index (χ3v) is 3.09. The van der Waals surface area contributed by atoms with E-state index in [9.17, 15) is 4.79 Å². The van der Waals surface area contributed by atoms with E-state index in [-0.39, 0.29) is 5.78 Å². The molecule has 17 heavy (non-hydrogen) atoms. The van der Waals surface area contributed by atoms with Gasteiger partial charge in [-0.15, -0.1) is 0 Å². The number of ketones is 1. The lowest BCUT2D eigenvalue weighted by atomic mass is 10.1. The Morgan fingerprint density at radius 2 is 2.12 bits per heavy atom. The molecule has 0 saturated heterocycles. The van der Waals surface area contributed by atoms with Gasteiger partial charge in [-0.2, -0.15) is 11.8 Å². The summed E-state index contributed by atoms with van der Waals surface area (Å²) in [5, 5.41) is 0. The molecule has 0 amide bonds. The molecule has 3 nitrogen and oxygen atoms in total. The number of nitrogens with zero attached hydrogens (tertiary/aromatic N) is 1. The number of rotatable bonds is 7. The molecule has 0 N–H and O–H groups in total. The maximum absolute atomic E-state index is 12.1. The minimum Gasteiger partial charge on any atom is -0.496 e. The maximum Gasteiger partial charge on any atom is 0.180 e. The molecule has 0 aliphatic rings. The Hall–Kier alpha value is -1.00. The third kappa shape index (κ3) is 4.40. The Kier molecular flexibility index (Phi) is 6.08. The number of Topliss-reactive ketones (excluding diaryl/α,β-unsaturated/α-hetero) is 1. The van der Waals surface area contributed by atoms with E-state index < -0.39 is 0 Å². The first-order valence-corrected chi connectivity index (χ1v) is 6.92. The van der Waals surface area contributed by atoms with E-state index in [0.29, 0.717) is 17.9 Å². The van der Waals surface area contributed by atoms with Crippen molar-refractivity contribution in [3.63, 3.8) is 0 Å². The average molecular weight is 253 g/mol. The topological polar surface area (TPSA) is 29.5 Å². The van der Waals surface area contributed by atoms with Crippen molar-refractivity contribution in [3.8, 4) is 5.75 Å². The lowest BCUT2D eigenvalue weighted by Gasteiger charge is -2.15. The highest BCUT2D eigenvalue weighted by Gasteiger charge is 2.13. The smallest absolute Gasteiger partial charge is 0.180 e. The van der Waals surface area contributed by atoms with Crippen molar-refractivity contribution >= 4 is 17.5 Å². The zero-order valence-corrected chi connectivity index (χ0v) is 11.4. The summed E-state index contributed by atoms with van der Waals surface area (Å²) in [5.74, 6) is 1.79. The minimum absolute atomic E-state index is 0.103. The fourth-order valence-corrected chi connectivity index (χ4v) is 2.03. The normalized spacial score (nSPS) is 10.6. The number of carbonyl (C=O) groups is 1. The largest absolute Gasteiger partial charge is 0.496 e. The van der Waals surface area contributed by atoms with Gasteiger partial charge in [0.25, 0.3) is 0 Å². The van der Waals surface area contributed by atoms with E-state index in [1.54, 1.807) is 18.9 Å². The van der Waals surface area contributed by atoms with Crippen LogP contribution < -0.4 is 4.74 Å². The minimum atomic E-state index is 0.103. The Morgan fingerprint density at radius 1 is 1.41 bits per heavy atom. The summed E-state index contributed by atoms with van der Waals surface area (Å²) in [4.78, 5) is 14.1. The van der Waals surface area contributed by atoms with E-state index >= 15 is 0 Å². The molecular formula is C13H19NO2S. The Bertz CT molecular complexity index is 368. The number of ether oxygens (including phenoxy) is 1. The van der Waals surface area contributed by atoms with Crippen molar-refractivity contribution < 1.29 is 9.53 Å². The highest BCUT2D eigenvalue weighted by atomic mass is 32.2. The summed E-state index contributed by atoms with van der Waals surface area (Å²) in [6, 6.07) is 7.35. The standard InChI is InChI=1S/C13H19NO2S/c1-14(8-9-17-3)10-12(15)11-6-4-5-7-13(11)16-2/h4-7H,8-10H2,1-3H3. The second kappa shape index (κ2) is 7.35. The number of thioether (sulfide) groups is 1. The number of hydrogen-bond donors (Lipinski definition) is 0. The van der Waals surface area contributed by atoms with Crippen molar-refractivity contribution in [2.24, 2.45) is 0 Å². The molecule has 0 aliphatic carbocycles. The van der Waals surface area contributed by atoms with Gasteiger partial charge >= 0.3 is 0 Å². The monoisotopic (exact) mass is 253 g/mol. The molecule has 0 radical (unpaired) electrons. The summed E-state index contributed by atoms with van der Waals surface area (Å²) >= 11 is 1.78. The summed E-state index contributed by atoms with van der Waals surface area (Å²) in [7, 11) is 3.55. The van der Waals surface area contributed by atoms with Crippen LogP contribution >= 0.6 is 11.8 Å². The van der Waals surface area contributed by atoms with Gasteiger partial charge in [0.05, 0.1) is 19.2 Å². The molecule has 0 aliphatic heterocycles. The van der Waals surface area contributed by atoms with E-state index in [2.05, 4.69) is 6.26 Å². The van der Waals surface area contributed by atoms with Crippen molar-refractivity contribution in [1.82, 2.24) is 4.90 Å². The number of carbonyl (C=O) groups excluding carboxylic acids is 1. The van der Waals surface area contributed by atoms with Crippen LogP contribution in [-0.2, 0) is 0 Å². The van der Waals surface area contributed by atoms with Crippen molar-refractivity contribution in [1.29, 1.82) is 0 Å². The third-order valence-electron chi connectivity index (χ3n) is 2.50. The highest BCUT2D eigenvalue weighted by molar-refractivity contribution is 7.98. The van der Waals surface area contributed by atoms with Crippen LogP contribution in [0.2, 0.25) is 0 Å². The first-order chi connectivity index (χ1) is 8.19. The predicted molar refractivity (Wildman–Crippen MR) is 73.2 cm³/mol. The molecule has 0 aromatic heterocycles. The summed E-state index contributed by atoms with van der Waals surface area (Å²) in [6.07, 6.45) is 2.07. The zero-order chi connectivity index (χ0) is 12.7. The number of likely N-dealkylation sites (N-methyl/N-ethyl adjacent to an activating group) is 1. The van der Waals surface area contributed by atoms with Crippen LogP contribution in [0.15, 0.2) is 24.3 Å². The van der Waals surface area contributed by atoms with Crippen LogP contribution in [0.4, 0.5) is 0 Å². The molecule has 0 bridgehead atoms. The second-order valence-corrected chi connectivity index (χ2v) is 4.84. The number of benzene rings is 1. The molecule has 94 valence electrons. The van der Waals surface area contributed by atoms with Crippen molar-refractivity contribution in [3.05, 3.63) is 29.8 Å². The van der Waals surface area contributed by atoms with Gasteiger partial charge in [0, 0.05) is 12.3 Å². The molecule has 1 aromatic rings. The average Bonchev–Trinajstić information content (AvgIpc) is 2.36. The van der Waals surface area contributed by atoms with Crippen LogP contribution in [0.1, 0.15) is 10.4 Å². The van der Waals surface area contributed by atoms with Crippen LogP contribution in [-0.4, -0.2) is 49.9 Å². The fraction of sp³-hybridized carbons (Fsp3) is 0.462. The summed E-state index contributed by atoms with van der Waals surface area (Å²) in [5.41, 5.74) is 0.658. The SMILES string of the molecule is COc1ccccc1C(=O)CN(C)CCSC. The van der Waals surface area contributed by atoms with Gasteiger partial charge in [-0.1, -0.05) is 12.1 Å². The molecular weight excluding hydrogens is 234 g/mol. The van der Waals surface area contributed by atoms with Gasteiger partial charge in [-0.3, -0.25) is 9.69 Å². The second-order valence-electron chi connectivity index (χ2n) is 3.85. The maximum atomic E-state index is 12.1. The number of para-hydroxylation sites is 1. The van der Waals surface area contributed by atoms with Gasteiger partial charge in [-0.25, -0.2) is 0 Å². The fourth-order valence-electron chi connectivity index (χ4n) is 1.53. The summed E-state index contributed by atoms with van der Waals surface area (Å²) < 4.78 is 5.19. The molecule has 0 spiro atoms. The highest BCUT2D eigenvalue weighted by Crippen LogP contribution is 2.17.